The van der Waals surface area contributed by atoms with E-state index >= 15 is 0 Å². The van der Waals surface area contributed by atoms with E-state index in [-0.39, 0.29) is 12.0 Å². The summed E-state index contributed by atoms with van der Waals surface area (Å²) in [6.07, 6.45) is 0.624. The number of nitrogens with zero attached hydrogens (tertiary/aromatic N) is 2. The van der Waals surface area contributed by atoms with Gasteiger partial charge < -0.3 is 19.9 Å². The molecule has 2 heterocycles. The van der Waals surface area contributed by atoms with Gasteiger partial charge >= 0.3 is 6.09 Å². The second kappa shape index (κ2) is 9.17. The van der Waals surface area contributed by atoms with Gasteiger partial charge in [0.15, 0.2) is 0 Å². The van der Waals surface area contributed by atoms with Crippen molar-refractivity contribution in [1.29, 1.82) is 0 Å². The number of hydrogen-bond donors (Lipinski definition) is 2. The first-order valence-electron chi connectivity index (χ1n) is 9.98. The first-order valence-corrected chi connectivity index (χ1v) is 10.8. The third kappa shape index (κ3) is 6.21. The number of carbonyl (C=O) groups excluding carboxylic acids is 2. The van der Waals surface area contributed by atoms with Crippen LogP contribution in [0.4, 0.5) is 4.79 Å². The zero-order valence-electron chi connectivity index (χ0n) is 17.3. The van der Waals surface area contributed by atoms with Gasteiger partial charge in [-0.15, -0.1) is 0 Å². The first kappa shape index (κ1) is 21.6. The number of amides is 2. The molecule has 1 aromatic heterocycles. The zero-order chi connectivity index (χ0) is 21.0. The number of fused-ring (bicyclic) bond motifs is 1. The summed E-state index contributed by atoms with van der Waals surface area (Å²) in [4.78, 5) is 31.7. The Morgan fingerprint density at radius 3 is 2.59 bits per heavy atom. The molecule has 2 N–H and O–H groups in total. The van der Waals surface area contributed by atoms with Gasteiger partial charge in [-0.1, -0.05) is 22.0 Å². The molecule has 2 aromatic rings. The van der Waals surface area contributed by atoms with Gasteiger partial charge in [0.05, 0.1) is 0 Å². The molecule has 1 fully saturated rings. The average Bonchev–Trinajstić information content (AvgIpc) is 3.07. The van der Waals surface area contributed by atoms with E-state index in [0.29, 0.717) is 25.3 Å². The van der Waals surface area contributed by atoms with Crippen molar-refractivity contribution in [2.24, 2.45) is 0 Å². The highest BCUT2D eigenvalue weighted by Crippen LogP contribution is 2.20. The van der Waals surface area contributed by atoms with Crippen LogP contribution >= 0.6 is 15.9 Å². The van der Waals surface area contributed by atoms with Crippen LogP contribution in [0.1, 0.15) is 37.7 Å². The molecule has 1 aliphatic rings. The molecule has 0 saturated carbocycles. The van der Waals surface area contributed by atoms with E-state index in [1.165, 1.54) is 0 Å². The van der Waals surface area contributed by atoms with Crippen LogP contribution in [0.3, 0.4) is 0 Å². The van der Waals surface area contributed by atoms with Crippen LogP contribution in [-0.4, -0.2) is 71.7 Å². The fourth-order valence-corrected chi connectivity index (χ4v) is 3.66. The van der Waals surface area contributed by atoms with Crippen molar-refractivity contribution >= 4 is 38.8 Å². The maximum atomic E-state index is 12.4. The number of carbonyl (C=O) groups is 2. The number of hydrogen-bond acceptors (Lipinski definition) is 4. The fraction of sp³-hybridized carbons (Fsp3) is 0.524. The summed E-state index contributed by atoms with van der Waals surface area (Å²) in [5.41, 5.74) is 1.05. The molecule has 158 valence electrons. The summed E-state index contributed by atoms with van der Waals surface area (Å²) < 4.78 is 6.40. The number of halogens is 1. The molecular weight excluding hydrogens is 436 g/mol. The minimum atomic E-state index is -0.464. The van der Waals surface area contributed by atoms with Gasteiger partial charge in [0.2, 0.25) is 0 Å². The lowest BCUT2D eigenvalue weighted by Gasteiger charge is -2.35. The largest absolute Gasteiger partial charge is 0.444 e. The third-order valence-corrected chi connectivity index (χ3v) is 5.28. The Hall–Kier alpha value is -2.06. The Morgan fingerprint density at radius 2 is 1.90 bits per heavy atom. The third-order valence-electron chi connectivity index (χ3n) is 4.79. The molecule has 0 bridgehead atoms. The number of aromatic nitrogens is 1. The SMILES string of the molecule is CC(C)(C)OC(=O)N1CCN(CCCNC(=O)c2cc3ccc(Br)cc3[nH]2)CC1. The Labute approximate surface area is 179 Å². The van der Waals surface area contributed by atoms with Gasteiger partial charge in [0.25, 0.3) is 5.91 Å². The molecule has 8 heteroatoms. The Balaban J connectivity index is 1.36. The van der Waals surface area contributed by atoms with Gasteiger partial charge in [-0.3, -0.25) is 9.69 Å². The molecule has 29 heavy (non-hydrogen) atoms. The lowest BCUT2D eigenvalue weighted by atomic mass is 10.2. The van der Waals surface area contributed by atoms with Crippen LogP contribution in [0, 0.1) is 0 Å². The van der Waals surface area contributed by atoms with E-state index in [9.17, 15) is 9.59 Å². The summed E-state index contributed by atoms with van der Waals surface area (Å²) >= 11 is 3.44. The average molecular weight is 465 g/mol. The van der Waals surface area contributed by atoms with E-state index < -0.39 is 5.60 Å². The Bertz CT molecular complexity index is 866. The fourth-order valence-electron chi connectivity index (χ4n) is 3.30. The Morgan fingerprint density at radius 1 is 1.17 bits per heavy atom. The molecule has 1 aromatic carbocycles. The molecule has 0 aliphatic carbocycles. The Kier molecular flexibility index (Phi) is 6.85. The maximum absolute atomic E-state index is 12.4. The second-order valence-corrected chi connectivity index (χ2v) is 9.25. The normalized spacial score (nSPS) is 15.5. The predicted molar refractivity (Wildman–Crippen MR) is 117 cm³/mol. The van der Waals surface area contributed by atoms with Gasteiger partial charge in [-0.05, 0) is 51.9 Å². The second-order valence-electron chi connectivity index (χ2n) is 8.33. The minimum Gasteiger partial charge on any atom is -0.444 e. The molecule has 0 unspecified atom stereocenters. The molecule has 7 nitrogen and oxygen atoms in total. The smallest absolute Gasteiger partial charge is 0.410 e. The van der Waals surface area contributed by atoms with Crippen LogP contribution < -0.4 is 5.32 Å². The standard InChI is InChI=1S/C21H29BrN4O3/c1-21(2,3)29-20(28)26-11-9-25(10-12-26)8-4-7-23-19(27)18-13-15-5-6-16(22)14-17(15)24-18/h5-6,13-14,24H,4,7-12H2,1-3H3,(H,23,27). The minimum absolute atomic E-state index is 0.0907. The highest BCUT2D eigenvalue weighted by atomic mass is 79.9. The van der Waals surface area contributed by atoms with Crippen molar-refractivity contribution in [3.63, 3.8) is 0 Å². The van der Waals surface area contributed by atoms with Gasteiger partial charge in [0, 0.05) is 48.1 Å². The highest BCUT2D eigenvalue weighted by molar-refractivity contribution is 9.10. The predicted octanol–water partition coefficient (Wildman–Crippen LogP) is 3.60. The molecule has 0 radical (unpaired) electrons. The number of aromatic amines is 1. The number of benzene rings is 1. The summed E-state index contributed by atoms with van der Waals surface area (Å²) in [7, 11) is 0. The molecule has 3 rings (SSSR count). The van der Waals surface area contributed by atoms with Crippen molar-refractivity contribution in [3.05, 3.63) is 34.4 Å². The van der Waals surface area contributed by atoms with Crippen LogP contribution in [0.2, 0.25) is 0 Å². The molecule has 0 spiro atoms. The van der Waals surface area contributed by atoms with Gasteiger partial charge in [0.1, 0.15) is 11.3 Å². The quantitative estimate of drug-likeness (QED) is 0.662. The van der Waals surface area contributed by atoms with E-state index in [4.69, 9.17) is 4.74 Å². The van der Waals surface area contributed by atoms with E-state index in [2.05, 4.69) is 31.1 Å². The lowest BCUT2D eigenvalue weighted by Crippen LogP contribution is -2.50. The molecule has 2 amide bonds. The number of ether oxygens (including phenoxy) is 1. The topological polar surface area (TPSA) is 77.7 Å². The maximum Gasteiger partial charge on any atom is 0.410 e. The zero-order valence-corrected chi connectivity index (χ0v) is 18.8. The molecular formula is C21H29BrN4O3. The van der Waals surface area contributed by atoms with Gasteiger partial charge in [-0.2, -0.15) is 0 Å². The van der Waals surface area contributed by atoms with Crippen molar-refractivity contribution in [3.8, 4) is 0 Å². The molecule has 0 atom stereocenters. The van der Waals surface area contributed by atoms with Crippen LogP contribution in [0.25, 0.3) is 10.9 Å². The number of piperazine rings is 1. The molecule has 1 aliphatic heterocycles. The van der Waals surface area contributed by atoms with E-state index in [1.807, 2.05) is 45.0 Å². The summed E-state index contributed by atoms with van der Waals surface area (Å²) in [5.74, 6) is -0.0907. The van der Waals surface area contributed by atoms with E-state index in [0.717, 1.165) is 41.4 Å². The summed E-state index contributed by atoms with van der Waals surface area (Å²) in [6, 6.07) is 7.76. The number of rotatable bonds is 5. The number of H-pyrrole nitrogens is 1. The monoisotopic (exact) mass is 464 g/mol. The first-order chi connectivity index (χ1) is 13.7. The van der Waals surface area contributed by atoms with E-state index in [1.54, 1.807) is 4.90 Å². The lowest BCUT2D eigenvalue weighted by molar-refractivity contribution is 0.0144. The van der Waals surface area contributed by atoms with Crippen molar-refractivity contribution < 1.29 is 14.3 Å². The van der Waals surface area contributed by atoms with Crippen LogP contribution in [0.5, 0.6) is 0 Å². The summed E-state index contributed by atoms with van der Waals surface area (Å²) in [6.45, 7) is 10.1. The van der Waals surface area contributed by atoms with Crippen LogP contribution in [0.15, 0.2) is 28.7 Å². The van der Waals surface area contributed by atoms with Crippen molar-refractivity contribution in [1.82, 2.24) is 20.1 Å². The van der Waals surface area contributed by atoms with Crippen molar-refractivity contribution in [2.45, 2.75) is 32.8 Å². The highest BCUT2D eigenvalue weighted by Gasteiger charge is 2.25. The molecule has 1 saturated heterocycles. The van der Waals surface area contributed by atoms with Crippen LogP contribution in [-0.2, 0) is 4.74 Å². The van der Waals surface area contributed by atoms with Crippen molar-refractivity contribution in [2.75, 3.05) is 39.3 Å². The number of nitrogens with one attached hydrogen (secondary N) is 2. The summed E-state index contributed by atoms with van der Waals surface area (Å²) in [5, 5.41) is 3.99. The van der Waals surface area contributed by atoms with Gasteiger partial charge in [-0.25, -0.2) is 4.79 Å².